The van der Waals surface area contributed by atoms with Gasteiger partial charge in [-0.05, 0) is 47.9 Å². The first-order valence-corrected chi connectivity index (χ1v) is 14.9. The number of aliphatic hydroxyl groups excluding tert-OH is 1. The maximum absolute atomic E-state index is 13.5. The number of carbonyl (C=O) groups excluding carboxylic acids is 2. The molecule has 1 N–H and O–H groups in total. The van der Waals surface area contributed by atoms with Gasteiger partial charge in [-0.3, -0.25) is 24.6 Å². The zero-order valence-corrected chi connectivity index (χ0v) is 24.5. The maximum Gasteiger partial charge on any atom is 0.301 e. The molecule has 0 aliphatic carbocycles. The molecule has 1 aliphatic heterocycles. The summed E-state index contributed by atoms with van der Waals surface area (Å²) in [5.41, 5.74) is 0.977. The molecule has 13 heteroatoms. The van der Waals surface area contributed by atoms with Crippen LogP contribution in [0.4, 0.5) is 10.8 Å². The minimum Gasteiger partial charge on any atom is -0.507 e. The second-order valence-corrected chi connectivity index (χ2v) is 11.7. The molecule has 5 rings (SSSR count). The summed E-state index contributed by atoms with van der Waals surface area (Å²) in [7, 11) is 0. The van der Waals surface area contributed by atoms with Crippen molar-refractivity contribution in [3.8, 4) is 5.75 Å². The highest BCUT2D eigenvalue weighted by molar-refractivity contribution is 8.00. The van der Waals surface area contributed by atoms with E-state index in [1.165, 1.54) is 30.0 Å². The van der Waals surface area contributed by atoms with Crippen molar-refractivity contribution in [1.29, 1.82) is 0 Å². The number of aliphatic hydroxyl groups is 1. The van der Waals surface area contributed by atoms with Crippen molar-refractivity contribution in [1.82, 2.24) is 10.2 Å². The van der Waals surface area contributed by atoms with Gasteiger partial charge in [-0.15, -0.1) is 10.2 Å². The molecule has 0 radical (unpaired) electrons. The SMILES string of the molecule is CCCOc1ccc(/C(O)=C2/C(=O)C(=O)N(c3nnc(SCc4ccccc4Cl)s3)C2c2cccc([N+](=O)[O-])c2)cc1. The highest BCUT2D eigenvalue weighted by Gasteiger charge is 2.48. The molecular formula is C29H23ClN4O6S2. The number of hydrogen-bond donors (Lipinski definition) is 1. The summed E-state index contributed by atoms with van der Waals surface area (Å²) in [4.78, 5) is 39.0. The summed E-state index contributed by atoms with van der Waals surface area (Å²) in [6.07, 6.45) is 0.820. The van der Waals surface area contributed by atoms with Crippen LogP contribution in [0.2, 0.25) is 5.02 Å². The summed E-state index contributed by atoms with van der Waals surface area (Å²) >= 11 is 8.71. The minimum absolute atomic E-state index is 0.109. The molecule has 1 aliphatic rings. The molecule has 42 heavy (non-hydrogen) atoms. The fourth-order valence-electron chi connectivity index (χ4n) is 4.35. The summed E-state index contributed by atoms with van der Waals surface area (Å²) in [6, 6.07) is 18.2. The lowest BCUT2D eigenvalue weighted by molar-refractivity contribution is -0.384. The third-order valence-electron chi connectivity index (χ3n) is 6.35. The van der Waals surface area contributed by atoms with Crippen LogP contribution in [0.25, 0.3) is 5.76 Å². The van der Waals surface area contributed by atoms with E-state index in [0.717, 1.165) is 28.2 Å². The number of nitro benzene ring substituents is 1. The Kier molecular flexibility index (Phi) is 8.86. The lowest BCUT2D eigenvalue weighted by Crippen LogP contribution is -2.29. The topological polar surface area (TPSA) is 136 Å². The van der Waals surface area contributed by atoms with Crippen molar-refractivity contribution in [2.45, 2.75) is 29.5 Å². The van der Waals surface area contributed by atoms with E-state index >= 15 is 0 Å². The third kappa shape index (κ3) is 6.01. The van der Waals surface area contributed by atoms with Crippen LogP contribution in [0.3, 0.4) is 0 Å². The molecule has 1 saturated heterocycles. The standard InChI is InChI=1S/C29H23ClN4O6S2/c1-2-14-40-21-12-10-17(11-13-21)25(35)23-24(18-7-5-8-20(15-18)34(38)39)33(27(37)26(23)36)28-31-32-29(42-28)41-16-19-6-3-4-9-22(19)30/h3-13,15,24,35H,2,14,16H2,1H3/b25-23-. The number of ether oxygens (including phenoxy) is 1. The molecule has 0 bridgehead atoms. The Morgan fingerprint density at radius 2 is 1.88 bits per heavy atom. The number of Topliss-reactive ketones (excluding diaryl/α,β-unsaturated/α-hetero) is 1. The van der Waals surface area contributed by atoms with Crippen LogP contribution in [0, 0.1) is 10.1 Å². The smallest absolute Gasteiger partial charge is 0.301 e. The van der Waals surface area contributed by atoms with E-state index in [0.29, 0.717) is 27.5 Å². The minimum atomic E-state index is -1.18. The van der Waals surface area contributed by atoms with Crippen LogP contribution in [-0.2, 0) is 15.3 Å². The largest absolute Gasteiger partial charge is 0.507 e. The van der Waals surface area contributed by atoms with E-state index < -0.39 is 28.4 Å². The Hall–Kier alpha value is -4.26. The summed E-state index contributed by atoms with van der Waals surface area (Å²) in [5.74, 6) is -1.23. The molecule has 0 saturated carbocycles. The van der Waals surface area contributed by atoms with Crippen LogP contribution in [0.1, 0.15) is 36.1 Å². The average molecular weight is 623 g/mol. The molecule has 0 spiro atoms. The zero-order chi connectivity index (χ0) is 29.8. The van der Waals surface area contributed by atoms with Crippen molar-refractivity contribution in [3.63, 3.8) is 0 Å². The van der Waals surface area contributed by atoms with E-state index in [-0.39, 0.29) is 27.5 Å². The predicted molar refractivity (Wildman–Crippen MR) is 161 cm³/mol. The van der Waals surface area contributed by atoms with Crippen molar-refractivity contribution in [3.05, 3.63) is 110 Å². The highest BCUT2D eigenvalue weighted by Crippen LogP contribution is 2.44. The van der Waals surface area contributed by atoms with Crippen LogP contribution in [0.5, 0.6) is 5.75 Å². The Morgan fingerprint density at radius 3 is 2.60 bits per heavy atom. The molecule has 2 heterocycles. The van der Waals surface area contributed by atoms with Crippen molar-refractivity contribution < 1.29 is 24.4 Å². The number of non-ortho nitro benzene ring substituents is 1. The molecule has 10 nitrogen and oxygen atoms in total. The lowest BCUT2D eigenvalue weighted by atomic mass is 9.95. The van der Waals surface area contributed by atoms with Gasteiger partial charge in [0.05, 0.1) is 23.1 Å². The van der Waals surface area contributed by atoms with Gasteiger partial charge < -0.3 is 9.84 Å². The first-order valence-electron chi connectivity index (χ1n) is 12.8. The van der Waals surface area contributed by atoms with Gasteiger partial charge >= 0.3 is 5.91 Å². The Labute approximate surface area is 253 Å². The van der Waals surface area contributed by atoms with Crippen LogP contribution in [0.15, 0.2) is 82.7 Å². The van der Waals surface area contributed by atoms with E-state index in [2.05, 4.69) is 10.2 Å². The molecule has 1 atom stereocenters. The number of nitrogens with zero attached hydrogens (tertiary/aromatic N) is 4. The zero-order valence-electron chi connectivity index (χ0n) is 22.1. The Balaban J connectivity index is 1.55. The molecule has 3 aromatic carbocycles. The maximum atomic E-state index is 13.5. The Morgan fingerprint density at radius 1 is 1.12 bits per heavy atom. The highest BCUT2D eigenvalue weighted by atomic mass is 35.5. The van der Waals surface area contributed by atoms with Crippen molar-refractivity contribution in [2.75, 3.05) is 11.5 Å². The first-order chi connectivity index (χ1) is 20.3. The van der Waals surface area contributed by atoms with Gasteiger partial charge in [0.1, 0.15) is 11.5 Å². The van der Waals surface area contributed by atoms with Crippen molar-refractivity contribution in [2.24, 2.45) is 0 Å². The van der Waals surface area contributed by atoms with E-state index in [1.54, 1.807) is 36.4 Å². The quantitative estimate of drug-likeness (QED) is 0.0385. The molecule has 1 amide bonds. The van der Waals surface area contributed by atoms with Gasteiger partial charge in [-0.1, -0.05) is 72.0 Å². The van der Waals surface area contributed by atoms with Gasteiger partial charge in [0.25, 0.3) is 11.5 Å². The molecular weight excluding hydrogens is 600 g/mol. The number of ketones is 1. The second kappa shape index (κ2) is 12.7. The number of rotatable bonds is 10. The molecule has 1 aromatic heterocycles. The van der Waals surface area contributed by atoms with Crippen molar-refractivity contribution >= 4 is 63.0 Å². The number of thioether (sulfide) groups is 1. The number of anilines is 1. The monoisotopic (exact) mass is 622 g/mol. The lowest BCUT2D eigenvalue weighted by Gasteiger charge is -2.22. The van der Waals surface area contributed by atoms with Gasteiger partial charge in [0.2, 0.25) is 5.13 Å². The first kappa shape index (κ1) is 29.2. The third-order valence-corrected chi connectivity index (χ3v) is 8.83. The summed E-state index contributed by atoms with van der Waals surface area (Å²) in [6.45, 7) is 2.50. The van der Waals surface area contributed by atoms with E-state index in [1.807, 2.05) is 25.1 Å². The number of benzene rings is 3. The number of nitro groups is 1. The Bertz CT molecular complexity index is 1690. The van der Waals surface area contributed by atoms with Gasteiger partial charge in [0.15, 0.2) is 4.34 Å². The number of amides is 1. The summed E-state index contributed by atoms with van der Waals surface area (Å²) < 4.78 is 6.12. The number of aromatic nitrogens is 2. The van der Waals surface area contributed by atoms with Crippen LogP contribution >= 0.6 is 34.7 Å². The molecule has 214 valence electrons. The number of carbonyl (C=O) groups is 2. The normalized spacial score (nSPS) is 16.1. The van der Waals surface area contributed by atoms with E-state index in [4.69, 9.17) is 16.3 Å². The van der Waals surface area contributed by atoms with Gasteiger partial charge in [0, 0.05) is 28.5 Å². The molecule has 1 unspecified atom stereocenters. The van der Waals surface area contributed by atoms with Gasteiger partial charge in [-0.25, -0.2) is 0 Å². The fourth-order valence-corrected chi connectivity index (χ4v) is 6.50. The molecule has 4 aromatic rings. The second-order valence-electron chi connectivity index (χ2n) is 9.12. The van der Waals surface area contributed by atoms with Gasteiger partial charge in [-0.2, -0.15) is 0 Å². The summed E-state index contributed by atoms with van der Waals surface area (Å²) in [5, 5.41) is 32.0. The fraction of sp³-hybridized carbons (Fsp3) is 0.172. The average Bonchev–Trinajstić information content (AvgIpc) is 3.57. The van der Waals surface area contributed by atoms with Crippen LogP contribution < -0.4 is 9.64 Å². The molecule has 1 fully saturated rings. The predicted octanol–water partition coefficient (Wildman–Crippen LogP) is 6.81. The van der Waals surface area contributed by atoms with Crippen LogP contribution in [-0.4, -0.2) is 38.5 Å². The van der Waals surface area contributed by atoms with E-state index in [9.17, 15) is 24.8 Å². The number of hydrogen-bond acceptors (Lipinski definition) is 10. The number of halogens is 1.